The lowest BCUT2D eigenvalue weighted by Crippen LogP contribution is -2.62. The standard InChI is InChI=1S/C36H56N6O7/c1-13-15-21(27(44)31(47)37-16-14-2)38-30(46)25-23-20(36(23,10)11)17-42(25)32(48)29(35(7,8)9)40-33(49)39-22(34(4,5)6)18-41(12)24-19(3)26(43)28(24)45/h14,20-23,25,29H,2,13,15-18H2,1,3-12H3,(H,37,47)(H,38,46)(H2,39,40,49)/t20-,21?,22+,23-,25-,29+/m0/s1. The maximum Gasteiger partial charge on any atom is 0.315 e. The van der Waals surface area contributed by atoms with Crippen molar-refractivity contribution in [2.24, 2.45) is 28.1 Å². The van der Waals surface area contributed by atoms with E-state index in [0.29, 0.717) is 24.2 Å². The summed E-state index contributed by atoms with van der Waals surface area (Å²) in [7, 11) is 1.70. The second kappa shape index (κ2) is 14.4. The van der Waals surface area contributed by atoms with Gasteiger partial charge in [-0.25, -0.2) is 4.79 Å². The van der Waals surface area contributed by atoms with Crippen LogP contribution in [-0.2, 0) is 19.2 Å². The van der Waals surface area contributed by atoms with Crippen LogP contribution in [0.15, 0.2) is 22.2 Å². The normalized spacial score (nSPS) is 21.5. The van der Waals surface area contributed by atoms with Gasteiger partial charge in [0.05, 0.1) is 17.8 Å². The number of Topliss-reactive ketones (excluding diaryl/α,β-unsaturated/α-hetero) is 1. The first kappa shape index (κ1) is 39.4. The highest BCUT2D eigenvalue weighted by molar-refractivity contribution is 6.38. The highest BCUT2D eigenvalue weighted by Gasteiger charge is 2.70. The Morgan fingerprint density at radius 3 is 2.12 bits per heavy atom. The lowest BCUT2D eigenvalue weighted by atomic mass is 9.84. The molecule has 0 bridgehead atoms. The molecule has 0 radical (unpaired) electrons. The quantitative estimate of drug-likeness (QED) is 0.170. The number of fused-ring (bicyclic) bond motifs is 1. The molecule has 1 saturated heterocycles. The van der Waals surface area contributed by atoms with E-state index in [1.54, 1.807) is 18.9 Å². The molecule has 2 aliphatic rings. The Morgan fingerprint density at radius 2 is 1.61 bits per heavy atom. The van der Waals surface area contributed by atoms with Crippen LogP contribution < -0.4 is 37.0 Å². The molecule has 1 aromatic carbocycles. The van der Waals surface area contributed by atoms with E-state index in [2.05, 4.69) is 27.8 Å². The SMILES string of the molecule is C=CCNC(=O)C(=O)C(CCC)NC(=O)[C@@H]1[C@@H]2[C@H](CN1C(=O)[C@@H](NC(=O)N[C@H](CN(C)c1c(C)c(=O)c1=O)C(C)(C)C)C(C)(C)C)C2(C)C. The fraction of sp³-hybridized carbons (Fsp3) is 0.694. The van der Waals surface area contributed by atoms with E-state index in [1.807, 2.05) is 62.3 Å². The van der Waals surface area contributed by atoms with Gasteiger partial charge in [-0.15, -0.1) is 6.58 Å². The zero-order valence-corrected chi connectivity index (χ0v) is 31.0. The summed E-state index contributed by atoms with van der Waals surface area (Å²) in [6.07, 6.45) is 2.25. The van der Waals surface area contributed by atoms with Crippen molar-refractivity contribution >= 4 is 35.2 Å². The van der Waals surface area contributed by atoms with E-state index in [0.717, 1.165) is 0 Å². The first-order chi connectivity index (χ1) is 22.5. The summed E-state index contributed by atoms with van der Waals surface area (Å²) in [6, 6.07) is -4.03. The molecule has 1 unspecified atom stereocenters. The van der Waals surface area contributed by atoms with E-state index in [-0.39, 0.29) is 36.8 Å². The van der Waals surface area contributed by atoms with Gasteiger partial charge in [0.1, 0.15) is 12.1 Å². The van der Waals surface area contributed by atoms with Gasteiger partial charge in [0.25, 0.3) is 5.91 Å². The van der Waals surface area contributed by atoms with Crippen LogP contribution in [0.5, 0.6) is 0 Å². The summed E-state index contributed by atoms with van der Waals surface area (Å²) in [5.41, 5.74) is -1.78. The van der Waals surface area contributed by atoms with E-state index >= 15 is 0 Å². The molecule has 1 heterocycles. The van der Waals surface area contributed by atoms with Crippen molar-refractivity contribution < 1.29 is 24.0 Å². The lowest BCUT2D eigenvalue weighted by Gasteiger charge is -2.39. The van der Waals surface area contributed by atoms with Crippen LogP contribution in [0.25, 0.3) is 0 Å². The van der Waals surface area contributed by atoms with E-state index in [9.17, 15) is 33.6 Å². The molecule has 0 spiro atoms. The molecule has 2 fully saturated rings. The summed E-state index contributed by atoms with van der Waals surface area (Å²) < 4.78 is 0. The molecule has 1 saturated carbocycles. The maximum atomic E-state index is 14.4. The number of hydrogen-bond donors (Lipinski definition) is 4. The van der Waals surface area contributed by atoms with E-state index in [1.165, 1.54) is 11.0 Å². The fourth-order valence-corrected chi connectivity index (χ4v) is 7.04. The molecule has 5 amide bonds. The molecule has 6 atom stereocenters. The van der Waals surface area contributed by atoms with Gasteiger partial charge in [-0.1, -0.05) is 74.8 Å². The Bertz CT molecular complexity index is 1540. The van der Waals surface area contributed by atoms with Crippen molar-refractivity contribution in [1.29, 1.82) is 0 Å². The average molecular weight is 685 g/mol. The Kier molecular flexibility index (Phi) is 11.6. The van der Waals surface area contributed by atoms with Crippen LogP contribution in [0, 0.1) is 35.0 Å². The van der Waals surface area contributed by atoms with Crippen molar-refractivity contribution in [1.82, 2.24) is 26.2 Å². The van der Waals surface area contributed by atoms with Crippen molar-refractivity contribution in [3.8, 4) is 0 Å². The van der Waals surface area contributed by atoms with E-state index in [4.69, 9.17) is 0 Å². The molecular formula is C36H56N6O7. The van der Waals surface area contributed by atoms with E-state index < -0.39 is 75.4 Å². The van der Waals surface area contributed by atoms with Gasteiger partial charge in [0, 0.05) is 32.2 Å². The van der Waals surface area contributed by atoms with Gasteiger partial charge >= 0.3 is 6.03 Å². The molecule has 13 heteroatoms. The van der Waals surface area contributed by atoms with Crippen LogP contribution in [0.4, 0.5) is 10.5 Å². The summed E-state index contributed by atoms with van der Waals surface area (Å²) in [5, 5.41) is 11.1. The minimum absolute atomic E-state index is 0.0533. The van der Waals surface area contributed by atoms with Crippen molar-refractivity contribution in [2.45, 2.75) is 106 Å². The number of carbonyl (C=O) groups excluding carboxylic acids is 5. The first-order valence-corrected chi connectivity index (χ1v) is 17.1. The number of nitrogens with one attached hydrogen (secondary N) is 4. The summed E-state index contributed by atoms with van der Waals surface area (Å²) in [5.74, 6) is -2.60. The molecule has 0 aromatic heterocycles. The summed E-state index contributed by atoms with van der Waals surface area (Å²) in [4.78, 5) is 94.6. The number of rotatable bonds is 14. The maximum absolute atomic E-state index is 14.4. The predicted molar refractivity (Wildman–Crippen MR) is 189 cm³/mol. The average Bonchev–Trinajstić information content (AvgIpc) is 3.31. The van der Waals surface area contributed by atoms with Crippen LogP contribution in [0.1, 0.15) is 80.7 Å². The number of amides is 5. The molecule has 1 aliphatic carbocycles. The Hall–Kier alpha value is -4.03. The zero-order valence-electron chi connectivity index (χ0n) is 31.0. The highest BCUT2D eigenvalue weighted by Crippen LogP contribution is 2.65. The molecule has 272 valence electrons. The number of ketones is 1. The lowest BCUT2D eigenvalue weighted by molar-refractivity contribution is -0.145. The fourth-order valence-electron chi connectivity index (χ4n) is 7.04. The van der Waals surface area contributed by atoms with Crippen molar-refractivity contribution in [3.05, 3.63) is 38.7 Å². The van der Waals surface area contributed by atoms with Crippen LogP contribution in [0.2, 0.25) is 0 Å². The van der Waals surface area contributed by atoms with Crippen molar-refractivity contribution in [2.75, 3.05) is 31.6 Å². The van der Waals surface area contributed by atoms with Crippen LogP contribution in [-0.4, -0.2) is 85.3 Å². The first-order valence-electron chi connectivity index (χ1n) is 17.1. The smallest absolute Gasteiger partial charge is 0.315 e. The molecule has 13 nitrogen and oxygen atoms in total. The highest BCUT2D eigenvalue weighted by atomic mass is 16.2. The molecule has 49 heavy (non-hydrogen) atoms. The zero-order chi connectivity index (χ0) is 37.4. The van der Waals surface area contributed by atoms with Gasteiger partial charge in [0.2, 0.25) is 28.5 Å². The van der Waals surface area contributed by atoms with Gasteiger partial charge in [-0.2, -0.15) is 0 Å². The molecule has 1 aliphatic heterocycles. The molecular weight excluding hydrogens is 628 g/mol. The third kappa shape index (κ3) is 8.24. The third-order valence-electron chi connectivity index (χ3n) is 10.3. The van der Waals surface area contributed by atoms with Crippen molar-refractivity contribution in [3.63, 3.8) is 0 Å². The number of likely N-dealkylation sites (N-methyl/N-ethyl adjacent to an activating group) is 1. The number of nitrogens with zero attached hydrogens (tertiary/aromatic N) is 2. The number of likely N-dealkylation sites (tertiary alicyclic amines) is 1. The minimum Gasteiger partial charge on any atom is -0.369 e. The molecule has 4 N–H and O–H groups in total. The largest absolute Gasteiger partial charge is 0.369 e. The minimum atomic E-state index is -1.05. The predicted octanol–water partition coefficient (Wildman–Crippen LogP) is 1.80. The van der Waals surface area contributed by atoms with Crippen LogP contribution >= 0.6 is 0 Å². The number of urea groups is 1. The Labute approximate surface area is 289 Å². The van der Waals surface area contributed by atoms with Crippen LogP contribution in [0.3, 0.4) is 0 Å². The summed E-state index contributed by atoms with van der Waals surface area (Å²) in [6.45, 7) is 23.0. The monoisotopic (exact) mass is 684 g/mol. The number of piperidine rings is 1. The van der Waals surface area contributed by atoms with Gasteiger partial charge in [-0.3, -0.25) is 28.8 Å². The van der Waals surface area contributed by atoms with Gasteiger partial charge in [0.15, 0.2) is 0 Å². The second-order valence-corrected chi connectivity index (χ2v) is 16.4. The topological polar surface area (TPSA) is 174 Å². The second-order valence-electron chi connectivity index (χ2n) is 16.4. The third-order valence-corrected chi connectivity index (χ3v) is 10.3. The Balaban J connectivity index is 1.83. The number of carbonyl (C=O) groups is 5. The molecule has 1 aromatic rings. The number of hydrogen-bond acceptors (Lipinski definition) is 8. The van der Waals surface area contributed by atoms with Gasteiger partial charge in [-0.05, 0) is 41.4 Å². The molecule has 3 rings (SSSR count). The number of anilines is 1. The Morgan fingerprint density at radius 1 is 1.00 bits per heavy atom. The summed E-state index contributed by atoms with van der Waals surface area (Å²) >= 11 is 0. The van der Waals surface area contributed by atoms with Gasteiger partial charge < -0.3 is 31.1 Å².